The van der Waals surface area contributed by atoms with Gasteiger partial charge in [-0.15, -0.1) is 0 Å². The molecule has 3 amide bonds. The molecule has 24 heavy (non-hydrogen) atoms. The molecule has 0 aromatic heterocycles. The summed E-state index contributed by atoms with van der Waals surface area (Å²) in [5.41, 5.74) is 6.40. The van der Waals surface area contributed by atoms with Crippen molar-refractivity contribution in [2.24, 2.45) is 0 Å². The minimum absolute atomic E-state index is 0.125. The van der Waals surface area contributed by atoms with E-state index < -0.39 is 17.7 Å². The number of para-hydroxylation sites is 1. The maximum absolute atomic E-state index is 11.9. The van der Waals surface area contributed by atoms with Gasteiger partial charge in [-0.05, 0) is 43.3 Å². The van der Waals surface area contributed by atoms with Gasteiger partial charge in [-0.3, -0.25) is 19.7 Å². The monoisotopic (exact) mass is 327 g/mol. The van der Waals surface area contributed by atoms with Gasteiger partial charge in [-0.25, -0.2) is 0 Å². The van der Waals surface area contributed by atoms with E-state index in [4.69, 9.17) is 10.5 Å². The molecule has 0 fully saturated rings. The molecule has 4 N–H and O–H groups in total. The summed E-state index contributed by atoms with van der Waals surface area (Å²) in [6.45, 7) is 2.38. The van der Waals surface area contributed by atoms with Crippen LogP contribution in [0.2, 0.25) is 0 Å². The highest BCUT2D eigenvalue weighted by Crippen LogP contribution is 2.15. The van der Waals surface area contributed by atoms with Crippen molar-refractivity contribution in [1.82, 2.24) is 5.32 Å². The van der Waals surface area contributed by atoms with E-state index in [1.807, 2.05) is 12.2 Å². The molecule has 7 nitrogen and oxygen atoms in total. The molecule has 7 heteroatoms. The van der Waals surface area contributed by atoms with Crippen molar-refractivity contribution in [3.63, 3.8) is 0 Å². The molecule has 0 unspecified atom stereocenters. The van der Waals surface area contributed by atoms with Crippen LogP contribution >= 0.6 is 0 Å². The van der Waals surface area contributed by atoms with Gasteiger partial charge in [0.2, 0.25) is 0 Å². The third-order valence-corrected chi connectivity index (χ3v) is 3.06. The number of amides is 3. The van der Waals surface area contributed by atoms with Gasteiger partial charge in [0, 0.05) is 11.4 Å². The minimum atomic E-state index is -1.07. The lowest BCUT2D eigenvalue weighted by Crippen LogP contribution is -2.39. The average Bonchev–Trinajstić information content (AvgIpc) is 2.57. The summed E-state index contributed by atoms with van der Waals surface area (Å²) < 4.78 is 5.28. The molecule has 2 rings (SSSR count). The van der Waals surface area contributed by atoms with E-state index in [9.17, 15) is 14.4 Å². The van der Waals surface area contributed by atoms with Gasteiger partial charge in [0.15, 0.2) is 0 Å². The number of anilines is 2. The summed E-state index contributed by atoms with van der Waals surface area (Å²) in [4.78, 5) is 35.6. The Balaban J connectivity index is 1.96. The number of carbonyl (C=O) groups is 3. The summed E-state index contributed by atoms with van der Waals surface area (Å²) in [6.07, 6.45) is 0. The summed E-state index contributed by atoms with van der Waals surface area (Å²) in [7, 11) is 0. The van der Waals surface area contributed by atoms with Crippen LogP contribution in [0.25, 0.3) is 0 Å². The molecule has 2 aromatic carbocycles. The molecule has 0 spiro atoms. The molecule has 0 atom stereocenters. The molecular formula is C17H17N3O4. The van der Waals surface area contributed by atoms with E-state index in [1.165, 1.54) is 12.1 Å². The van der Waals surface area contributed by atoms with Crippen molar-refractivity contribution >= 4 is 29.1 Å². The van der Waals surface area contributed by atoms with Crippen LogP contribution < -0.4 is 21.1 Å². The Bertz CT molecular complexity index is 757. The number of hydrogen-bond donors (Lipinski definition) is 3. The second kappa shape index (κ2) is 7.77. The lowest BCUT2D eigenvalue weighted by Gasteiger charge is -2.08. The number of imide groups is 1. The number of nitrogens with two attached hydrogens (primary N) is 1. The number of carbonyl (C=O) groups excluding carboxylic acids is 3. The quantitative estimate of drug-likeness (QED) is 0.583. The zero-order valence-corrected chi connectivity index (χ0v) is 13.0. The molecule has 0 saturated heterocycles. The summed E-state index contributed by atoms with van der Waals surface area (Å²) in [5, 5.41) is 4.39. The molecule has 0 heterocycles. The maximum Gasteiger partial charge on any atom is 0.316 e. The fourth-order valence-electron chi connectivity index (χ4n) is 1.92. The Morgan fingerprint density at radius 2 is 1.67 bits per heavy atom. The lowest BCUT2D eigenvalue weighted by atomic mass is 10.1. The molecule has 0 aliphatic heterocycles. The number of ether oxygens (including phenoxy) is 1. The Hall–Kier alpha value is -3.35. The van der Waals surface area contributed by atoms with Gasteiger partial charge in [0.1, 0.15) is 5.75 Å². The van der Waals surface area contributed by atoms with Gasteiger partial charge in [-0.1, -0.05) is 12.1 Å². The van der Waals surface area contributed by atoms with Crippen LogP contribution in [-0.4, -0.2) is 24.3 Å². The molecular weight excluding hydrogens is 310 g/mol. The normalized spacial score (nSPS) is 9.88. The smallest absolute Gasteiger partial charge is 0.316 e. The van der Waals surface area contributed by atoms with Crippen LogP contribution in [0, 0.1) is 0 Å². The van der Waals surface area contributed by atoms with E-state index in [2.05, 4.69) is 5.32 Å². The molecule has 0 saturated carbocycles. The first-order valence-electron chi connectivity index (χ1n) is 7.25. The van der Waals surface area contributed by atoms with Crippen molar-refractivity contribution in [1.29, 1.82) is 0 Å². The maximum atomic E-state index is 11.9. The summed E-state index contributed by atoms with van der Waals surface area (Å²) >= 11 is 0. The molecule has 124 valence electrons. The van der Waals surface area contributed by atoms with Crippen molar-refractivity contribution in [3.05, 3.63) is 54.1 Å². The highest BCUT2D eigenvalue weighted by atomic mass is 16.5. The molecule has 2 aromatic rings. The van der Waals surface area contributed by atoms with Crippen LogP contribution in [-0.2, 0) is 9.59 Å². The van der Waals surface area contributed by atoms with Gasteiger partial charge < -0.3 is 15.8 Å². The van der Waals surface area contributed by atoms with E-state index in [-0.39, 0.29) is 11.3 Å². The van der Waals surface area contributed by atoms with Gasteiger partial charge in [0.25, 0.3) is 5.91 Å². The van der Waals surface area contributed by atoms with Crippen molar-refractivity contribution in [2.45, 2.75) is 6.92 Å². The Kier molecular flexibility index (Phi) is 5.51. The van der Waals surface area contributed by atoms with Crippen molar-refractivity contribution in [3.8, 4) is 5.75 Å². The average molecular weight is 327 g/mol. The highest BCUT2D eigenvalue weighted by molar-refractivity contribution is 6.42. The first kappa shape index (κ1) is 17.0. The topological polar surface area (TPSA) is 111 Å². The fraction of sp³-hybridized carbons (Fsp3) is 0.118. The lowest BCUT2D eigenvalue weighted by molar-refractivity contribution is -0.135. The first-order valence-corrected chi connectivity index (χ1v) is 7.25. The van der Waals surface area contributed by atoms with Crippen LogP contribution in [0.15, 0.2) is 48.5 Å². The molecule has 0 aliphatic carbocycles. The standard InChI is InChI=1S/C17H17N3O4/c1-2-24-12-9-7-11(8-10-12)19-16(22)17(23)20-15(21)13-5-3-4-6-14(13)18/h3-10H,2,18H2,1H3,(H,19,22)(H,20,21,23). The number of nitrogen functional groups attached to an aromatic ring is 1. The van der Waals surface area contributed by atoms with Crippen LogP contribution in [0.4, 0.5) is 11.4 Å². The van der Waals surface area contributed by atoms with E-state index in [0.29, 0.717) is 18.0 Å². The minimum Gasteiger partial charge on any atom is -0.494 e. The second-order valence-electron chi connectivity index (χ2n) is 4.78. The number of nitrogens with one attached hydrogen (secondary N) is 2. The predicted octanol–water partition coefficient (Wildman–Crippen LogP) is 1.56. The third kappa shape index (κ3) is 4.33. The molecule has 0 aliphatic rings. The number of benzene rings is 2. The summed E-state index contributed by atoms with van der Waals surface area (Å²) in [6, 6.07) is 12.8. The van der Waals surface area contributed by atoms with E-state index in [0.717, 1.165) is 0 Å². The zero-order chi connectivity index (χ0) is 17.5. The van der Waals surface area contributed by atoms with Gasteiger partial charge in [0.05, 0.1) is 12.2 Å². The van der Waals surface area contributed by atoms with Crippen molar-refractivity contribution < 1.29 is 19.1 Å². The molecule has 0 radical (unpaired) electrons. The van der Waals surface area contributed by atoms with Gasteiger partial charge >= 0.3 is 11.8 Å². The van der Waals surface area contributed by atoms with E-state index in [1.54, 1.807) is 36.4 Å². The number of rotatable bonds is 4. The Morgan fingerprint density at radius 3 is 2.29 bits per heavy atom. The summed E-state index contributed by atoms with van der Waals surface area (Å²) in [5.74, 6) is -2.12. The predicted molar refractivity (Wildman–Crippen MR) is 89.6 cm³/mol. The van der Waals surface area contributed by atoms with Gasteiger partial charge in [-0.2, -0.15) is 0 Å². The Labute approximate surface area is 138 Å². The first-order chi connectivity index (χ1) is 11.5. The van der Waals surface area contributed by atoms with E-state index >= 15 is 0 Å². The Morgan fingerprint density at radius 1 is 1.00 bits per heavy atom. The zero-order valence-electron chi connectivity index (χ0n) is 13.0. The van der Waals surface area contributed by atoms with Crippen molar-refractivity contribution in [2.75, 3.05) is 17.7 Å². The fourth-order valence-corrected chi connectivity index (χ4v) is 1.92. The van der Waals surface area contributed by atoms with Crippen LogP contribution in [0.3, 0.4) is 0 Å². The van der Waals surface area contributed by atoms with Crippen LogP contribution in [0.1, 0.15) is 17.3 Å². The second-order valence-corrected chi connectivity index (χ2v) is 4.78. The highest BCUT2D eigenvalue weighted by Gasteiger charge is 2.19. The largest absolute Gasteiger partial charge is 0.494 e. The SMILES string of the molecule is CCOc1ccc(NC(=O)C(=O)NC(=O)c2ccccc2N)cc1. The third-order valence-electron chi connectivity index (χ3n) is 3.06. The van der Waals surface area contributed by atoms with Crippen LogP contribution in [0.5, 0.6) is 5.75 Å². The number of hydrogen-bond acceptors (Lipinski definition) is 5. The molecule has 0 bridgehead atoms.